The minimum absolute atomic E-state index is 0.0379. The Morgan fingerprint density at radius 1 is 1.46 bits per heavy atom. The molecule has 0 bridgehead atoms. The number of nitrogens with zero attached hydrogens (tertiary/aromatic N) is 2. The Balaban J connectivity index is 2.14. The number of nitrogens with one attached hydrogen (secondary N) is 1. The smallest absolute Gasteiger partial charge is 0.344 e. The highest BCUT2D eigenvalue weighted by atomic mass is 16.6. The van der Waals surface area contributed by atoms with E-state index in [1.165, 1.54) is 13.2 Å². The maximum absolute atomic E-state index is 11.9. The van der Waals surface area contributed by atoms with E-state index in [9.17, 15) is 14.9 Å². The zero-order valence-electron chi connectivity index (χ0n) is 14.2. The molecule has 1 aromatic carbocycles. The van der Waals surface area contributed by atoms with Crippen molar-refractivity contribution in [2.75, 3.05) is 45.3 Å². The zero-order valence-corrected chi connectivity index (χ0v) is 14.2. The number of morpholine rings is 1. The van der Waals surface area contributed by atoms with Crippen LogP contribution >= 0.6 is 0 Å². The van der Waals surface area contributed by atoms with Gasteiger partial charge in [-0.1, -0.05) is 0 Å². The lowest BCUT2D eigenvalue weighted by Crippen LogP contribution is -2.45. The normalized spacial score (nSPS) is 16.5. The van der Waals surface area contributed by atoms with Crippen molar-refractivity contribution >= 4 is 17.3 Å². The summed E-state index contributed by atoms with van der Waals surface area (Å²) in [5.41, 5.74) is 0.834. The van der Waals surface area contributed by atoms with Gasteiger partial charge in [-0.2, -0.15) is 0 Å². The van der Waals surface area contributed by atoms with Crippen molar-refractivity contribution in [1.82, 2.24) is 4.90 Å². The van der Waals surface area contributed by atoms with Crippen molar-refractivity contribution < 1.29 is 19.2 Å². The average Bonchev–Trinajstić information content (AvgIpc) is 2.58. The number of carbonyl (C=O) groups excluding carboxylic acids is 1. The van der Waals surface area contributed by atoms with Crippen LogP contribution in [0.5, 0.6) is 0 Å². The number of nitro benzene ring substituents is 1. The summed E-state index contributed by atoms with van der Waals surface area (Å²) in [7, 11) is 1.21. The second-order valence-electron chi connectivity index (χ2n) is 5.82. The molecule has 1 unspecified atom stereocenters. The molecule has 0 aromatic heterocycles. The Kier molecular flexibility index (Phi) is 6.10. The Bertz CT molecular complexity index is 614. The molecule has 1 fully saturated rings. The molecule has 1 aromatic rings. The van der Waals surface area contributed by atoms with Gasteiger partial charge in [0, 0.05) is 36.9 Å². The Morgan fingerprint density at radius 2 is 2.12 bits per heavy atom. The van der Waals surface area contributed by atoms with Crippen molar-refractivity contribution in [2.45, 2.75) is 19.9 Å². The number of ether oxygens (including phenoxy) is 2. The number of nitro groups is 1. The van der Waals surface area contributed by atoms with Crippen LogP contribution in [0.2, 0.25) is 0 Å². The first-order chi connectivity index (χ1) is 11.4. The van der Waals surface area contributed by atoms with Gasteiger partial charge >= 0.3 is 5.97 Å². The SMILES string of the molecule is COC(=O)c1cc(NCC(C)N2CCOCC2)cc(C)c1[N+](=O)[O-]. The third-order valence-electron chi connectivity index (χ3n) is 4.16. The van der Waals surface area contributed by atoms with Crippen LogP contribution in [0.15, 0.2) is 12.1 Å². The van der Waals surface area contributed by atoms with E-state index < -0.39 is 10.9 Å². The van der Waals surface area contributed by atoms with E-state index in [-0.39, 0.29) is 17.3 Å². The highest BCUT2D eigenvalue weighted by molar-refractivity contribution is 5.95. The third kappa shape index (κ3) is 4.21. The molecule has 0 spiro atoms. The van der Waals surface area contributed by atoms with Crippen LogP contribution in [0.4, 0.5) is 11.4 Å². The fourth-order valence-corrected chi connectivity index (χ4v) is 2.80. The predicted octanol–water partition coefficient (Wildman–Crippen LogP) is 1.82. The summed E-state index contributed by atoms with van der Waals surface area (Å²) in [6.45, 7) is 7.61. The molecule has 1 aliphatic rings. The van der Waals surface area contributed by atoms with E-state index in [1.54, 1.807) is 13.0 Å². The van der Waals surface area contributed by atoms with Gasteiger partial charge in [0.15, 0.2) is 0 Å². The van der Waals surface area contributed by atoms with Gasteiger partial charge in [0.05, 0.1) is 25.2 Å². The summed E-state index contributed by atoms with van der Waals surface area (Å²) in [6.07, 6.45) is 0. The van der Waals surface area contributed by atoms with Gasteiger partial charge in [0.1, 0.15) is 5.56 Å². The lowest BCUT2D eigenvalue weighted by atomic mass is 10.1. The summed E-state index contributed by atoms with van der Waals surface area (Å²) >= 11 is 0. The van der Waals surface area contributed by atoms with Gasteiger partial charge in [-0.05, 0) is 26.0 Å². The Hall–Kier alpha value is -2.19. The fraction of sp³-hybridized carbons (Fsp3) is 0.562. The lowest BCUT2D eigenvalue weighted by Gasteiger charge is -2.32. The first-order valence-electron chi connectivity index (χ1n) is 7.87. The number of esters is 1. The van der Waals surface area contributed by atoms with Gasteiger partial charge in [-0.25, -0.2) is 4.79 Å². The van der Waals surface area contributed by atoms with Crippen molar-refractivity contribution in [2.24, 2.45) is 0 Å². The minimum atomic E-state index is -0.713. The van der Waals surface area contributed by atoms with Crippen molar-refractivity contribution in [3.8, 4) is 0 Å². The molecular formula is C16H23N3O5. The third-order valence-corrected chi connectivity index (χ3v) is 4.16. The number of anilines is 1. The average molecular weight is 337 g/mol. The monoisotopic (exact) mass is 337 g/mol. The molecule has 1 heterocycles. The second-order valence-corrected chi connectivity index (χ2v) is 5.82. The second kappa shape index (κ2) is 8.07. The summed E-state index contributed by atoms with van der Waals surface area (Å²) in [5, 5.41) is 14.5. The molecule has 1 atom stereocenters. The van der Waals surface area contributed by atoms with Crippen LogP contribution in [0.3, 0.4) is 0 Å². The maximum Gasteiger partial charge on any atom is 0.344 e. The molecule has 8 nitrogen and oxygen atoms in total. The molecule has 0 aliphatic carbocycles. The highest BCUT2D eigenvalue weighted by Gasteiger charge is 2.25. The summed E-state index contributed by atoms with van der Waals surface area (Å²) in [4.78, 5) is 24.8. The standard InChI is InChI=1S/C16H23N3O5/c1-11-8-13(9-14(16(20)23-3)15(11)19(21)22)17-10-12(2)18-4-6-24-7-5-18/h8-9,12,17H,4-7,10H2,1-3H3. The fourth-order valence-electron chi connectivity index (χ4n) is 2.80. The molecule has 0 saturated carbocycles. The topological polar surface area (TPSA) is 93.9 Å². The minimum Gasteiger partial charge on any atom is -0.465 e. The highest BCUT2D eigenvalue weighted by Crippen LogP contribution is 2.28. The van der Waals surface area contributed by atoms with Crippen LogP contribution in [-0.4, -0.2) is 61.8 Å². The van der Waals surface area contributed by atoms with E-state index >= 15 is 0 Å². The maximum atomic E-state index is 11.9. The summed E-state index contributed by atoms with van der Waals surface area (Å²) in [5.74, 6) is -0.713. The van der Waals surface area contributed by atoms with Crippen LogP contribution in [0, 0.1) is 17.0 Å². The van der Waals surface area contributed by atoms with Crippen molar-refractivity contribution in [3.05, 3.63) is 33.4 Å². The Labute approximate surface area is 140 Å². The van der Waals surface area contributed by atoms with E-state index in [0.717, 1.165) is 26.3 Å². The van der Waals surface area contributed by atoms with Gasteiger partial charge in [-0.3, -0.25) is 15.0 Å². The largest absolute Gasteiger partial charge is 0.465 e. The number of benzene rings is 1. The molecule has 2 rings (SSSR count). The first-order valence-corrected chi connectivity index (χ1v) is 7.87. The molecule has 0 radical (unpaired) electrons. The van der Waals surface area contributed by atoms with Crippen LogP contribution < -0.4 is 5.32 Å². The van der Waals surface area contributed by atoms with Crippen molar-refractivity contribution in [3.63, 3.8) is 0 Å². The van der Waals surface area contributed by atoms with Gasteiger partial charge in [0.25, 0.3) is 5.69 Å². The van der Waals surface area contributed by atoms with Crippen LogP contribution in [0.25, 0.3) is 0 Å². The number of hydrogen-bond acceptors (Lipinski definition) is 7. The number of carbonyl (C=O) groups is 1. The number of methoxy groups -OCH3 is 1. The molecule has 132 valence electrons. The van der Waals surface area contributed by atoms with Gasteiger partial charge in [0.2, 0.25) is 0 Å². The molecule has 0 amide bonds. The summed E-state index contributed by atoms with van der Waals surface area (Å²) in [6, 6.07) is 3.44. The molecular weight excluding hydrogens is 314 g/mol. The Morgan fingerprint density at radius 3 is 2.71 bits per heavy atom. The zero-order chi connectivity index (χ0) is 17.7. The van der Waals surface area contributed by atoms with E-state index in [1.807, 2.05) is 0 Å². The predicted molar refractivity (Wildman–Crippen MR) is 89.5 cm³/mol. The first kappa shape index (κ1) is 18.2. The number of aryl methyl sites for hydroxylation is 1. The molecule has 1 saturated heterocycles. The molecule has 1 aliphatic heterocycles. The lowest BCUT2D eigenvalue weighted by molar-refractivity contribution is -0.385. The van der Waals surface area contributed by atoms with E-state index in [0.29, 0.717) is 17.8 Å². The van der Waals surface area contributed by atoms with Crippen LogP contribution in [-0.2, 0) is 9.47 Å². The van der Waals surface area contributed by atoms with Crippen molar-refractivity contribution in [1.29, 1.82) is 0 Å². The molecule has 8 heteroatoms. The van der Waals surface area contributed by atoms with E-state index in [4.69, 9.17) is 4.74 Å². The van der Waals surface area contributed by atoms with E-state index in [2.05, 4.69) is 21.9 Å². The number of rotatable bonds is 6. The summed E-state index contributed by atoms with van der Waals surface area (Å²) < 4.78 is 10.0. The molecule has 1 N–H and O–H groups in total. The van der Waals surface area contributed by atoms with Gasteiger partial charge in [-0.15, -0.1) is 0 Å². The number of hydrogen-bond donors (Lipinski definition) is 1. The quantitative estimate of drug-likeness (QED) is 0.481. The molecule has 24 heavy (non-hydrogen) atoms. The van der Waals surface area contributed by atoms with Gasteiger partial charge < -0.3 is 14.8 Å². The van der Waals surface area contributed by atoms with Crippen LogP contribution in [0.1, 0.15) is 22.8 Å².